The lowest BCUT2D eigenvalue weighted by molar-refractivity contribution is 0.262. The van der Waals surface area contributed by atoms with Gasteiger partial charge in [-0.3, -0.25) is 0 Å². The number of benzene rings is 16. The van der Waals surface area contributed by atoms with Gasteiger partial charge in [-0.05, 0) is 207 Å². The monoisotopic (exact) mass is 1890 g/mol. The summed E-state index contributed by atoms with van der Waals surface area (Å²) in [6.07, 6.45) is 2.93. The second-order valence-corrected chi connectivity index (χ2v) is 38.2. The lowest BCUT2D eigenvalue weighted by Gasteiger charge is -2.30. The highest BCUT2D eigenvalue weighted by Gasteiger charge is 2.35. The molecule has 8 aliphatic heterocycles. The molecular formula is C117H120N8O16. The summed E-state index contributed by atoms with van der Waals surface area (Å²) < 4.78 is 89.5. The molecule has 8 unspecified atom stereocenters. The standard InChI is InChI=1S/C34H32N2O4.C30H36N2O4.2C26H24N2O4.CH4/c35-31-15-21(9-11-33(31)39-19-23-17-37-23)13-29-25-5-1-2-6-26(25)30(28-8-4-3-7-27(28)29)14-22-10-12-34(32(36)16-22)40-20-24-18-38-24;1-29(2,21-9-11-27(25(31)13-21)35-17-23-15-33-23)19-5-7-20(8-6-19)30(3,4)22-10-12-28(26(32)14-22)36-18-24-16-34-24;27-25-21-5-1-15(9-17(21)3-7-23(25)31-13-19-11-29-19)16-2-6-22-18(10-16)4-8-24(26(22)28)32-14-20-12-30-20;27-21-9-15-5-1-3-7-19(15)23(25(21)31-13-17-11-29-17)24-20-8-4-2-6-16(20)10-22(28)26(24)32-14-18-12-30-18;/h1-12,15-16,23-24H,13-14,17-20,35-36H2;5-14,23-24H,15-18,31-32H2,1-4H3;1-10,19-20H,11-14,27-28H2;1-10,17-18H,11-14,27-28H2;1H4. The van der Waals surface area contributed by atoms with Gasteiger partial charge in [0.15, 0.2) is 11.5 Å². The molecule has 0 aliphatic carbocycles. The van der Waals surface area contributed by atoms with Crippen LogP contribution in [0.3, 0.4) is 0 Å². The van der Waals surface area contributed by atoms with E-state index >= 15 is 0 Å². The Morgan fingerprint density at radius 2 is 0.496 bits per heavy atom. The highest BCUT2D eigenvalue weighted by molar-refractivity contribution is 6.14. The van der Waals surface area contributed by atoms with Crippen LogP contribution in [-0.2, 0) is 61.6 Å². The van der Waals surface area contributed by atoms with Gasteiger partial charge in [0.2, 0.25) is 0 Å². The number of anilines is 8. The summed E-state index contributed by atoms with van der Waals surface area (Å²) in [6.45, 7) is 19.0. The average molecular weight is 1890 g/mol. The number of fused-ring (bicyclic) bond motifs is 6. The van der Waals surface area contributed by atoms with E-state index in [0.29, 0.717) is 158 Å². The smallest absolute Gasteiger partial charge is 0.150 e. The van der Waals surface area contributed by atoms with Crippen molar-refractivity contribution >= 4 is 110 Å². The SMILES string of the molecule is C.CC(C)(c1ccc(C(C)(C)c2ccc(OCC3CO3)c(N)c2)cc1)c1ccc(OCC2CO2)c(N)c1.Nc1c(OCC2CO2)ccc2cc(-c3ccc4c(N)c(OCC5CO5)ccc4c3)ccc12.Nc1cc(Cc2c3ccccc3c(Cc3ccc(OCC4CO4)c(N)c3)c3ccccc23)ccc1OCC1CO1.Nc1cc2ccccc2c(-c2c(OCC3CO3)c(N)cc3ccccc23)c1OCC1CO1. The lowest BCUT2D eigenvalue weighted by atomic mass is 9.74. The van der Waals surface area contributed by atoms with Gasteiger partial charge in [0, 0.05) is 32.7 Å². The zero-order valence-corrected chi connectivity index (χ0v) is 78.9. The Hall–Kier alpha value is -14.4. The van der Waals surface area contributed by atoms with E-state index < -0.39 is 0 Å². The fourth-order valence-electron chi connectivity index (χ4n) is 18.1. The first-order valence-electron chi connectivity index (χ1n) is 47.9. The first kappa shape index (κ1) is 94.2. The highest BCUT2D eigenvalue weighted by Crippen LogP contribution is 2.52. The quantitative estimate of drug-likeness (QED) is 0.0105. The molecule has 0 spiro atoms. The minimum atomic E-state index is -0.219. The number of nitrogen functional groups attached to an aromatic ring is 8. The molecule has 0 radical (unpaired) electrons. The molecule has 0 saturated carbocycles. The van der Waals surface area contributed by atoms with Crippen molar-refractivity contribution < 1.29 is 75.8 Å². The molecule has 141 heavy (non-hydrogen) atoms. The van der Waals surface area contributed by atoms with Gasteiger partial charge >= 0.3 is 0 Å². The third-order valence-electron chi connectivity index (χ3n) is 27.1. The second-order valence-electron chi connectivity index (χ2n) is 38.2. The summed E-state index contributed by atoms with van der Waals surface area (Å²) in [5.41, 5.74) is 69.4. The van der Waals surface area contributed by atoms with Gasteiger partial charge in [-0.15, -0.1) is 0 Å². The molecule has 8 heterocycles. The van der Waals surface area contributed by atoms with Crippen LogP contribution in [-0.4, -0.2) is 155 Å². The molecule has 8 fully saturated rings. The molecule has 8 aliphatic rings. The van der Waals surface area contributed by atoms with Crippen LogP contribution in [0.1, 0.15) is 79.6 Å². The number of epoxide rings is 8. The summed E-state index contributed by atoms with van der Waals surface area (Å²) >= 11 is 0. The molecule has 16 aromatic carbocycles. The number of hydrogen-bond acceptors (Lipinski definition) is 24. The van der Waals surface area contributed by atoms with Crippen LogP contribution < -0.4 is 83.8 Å². The van der Waals surface area contributed by atoms with Crippen molar-refractivity contribution in [2.45, 2.75) is 108 Å². The highest BCUT2D eigenvalue weighted by atomic mass is 16.6. The fraction of sp³-hybridized carbons (Fsp3) is 0.282. The molecule has 24 heteroatoms. The summed E-state index contributed by atoms with van der Waals surface area (Å²) in [5, 5.41) is 13.2. The summed E-state index contributed by atoms with van der Waals surface area (Å²) in [4.78, 5) is 0. The zero-order valence-electron chi connectivity index (χ0n) is 78.9. The van der Waals surface area contributed by atoms with Crippen molar-refractivity contribution in [3.63, 3.8) is 0 Å². The Balaban J connectivity index is 0.000000115. The van der Waals surface area contributed by atoms with Crippen molar-refractivity contribution in [1.29, 1.82) is 0 Å². The van der Waals surface area contributed by atoms with Gasteiger partial charge in [0.1, 0.15) is 136 Å². The number of nitrogens with two attached hydrogens (primary N) is 8. The largest absolute Gasteiger partial charge is 0.489 e. The molecule has 0 amide bonds. The van der Waals surface area contributed by atoms with Gasteiger partial charge in [-0.25, -0.2) is 0 Å². The van der Waals surface area contributed by atoms with Crippen molar-refractivity contribution in [2.75, 3.05) is 152 Å². The minimum absolute atomic E-state index is 0. The van der Waals surface area contributed by atoms with E-state index in [4.69, 9.17) is 122 Å². The van der Waals surface area contributed by atoms with Crippen molar-refractivity contribution in [3.8, 4) is 68.2 Å². The van der Waals surface area contributed by atoms with Crippen LogP contribution in [0.5, 0.6) is 46.0 Å². The second kappa shape index (κ2) is 40.4. The summed E-state index contributed by atoms with van der Waals surface area (Å²) in [5.74, 6) is 5.49. The predicted octanol–water partition coefficient (Wildman–Crippen LogP) is 20.3. The normalized spacial score (nSPS) is 18.6. The van der Waals surface area contributed by atoms with E-state index in [0.717, 1.165) is 140 Å². The van der Waals surface area contributed by atoms with Gasteiger partial charge in [-0.2, -0.15) is 0 Å². The van der Waals surface area contributed by atoms with Gasteiger partial charge < -0.3 is 122 Å². The Kier molecular flexibility index (Phi) is 27.0. The van der Waals surface area contributed by atoms with Gasteiger partial charge in [-0.1, -0.05) is 217 Å². The molecule has 8 saturated heterocycles. The first-order valence-corrected chi connectivity index (χ1v) is 47.9. The molecule has 16 N–H and O–H groups in total. The fourth-order valence-corrected chi connectivity index (χ4v) is 18.1. The van der Waals surface area contributed by atoms with Crippen LogP contribution in [0.15, 0.2) is 267 Å². The van der Waals surface area contributed by atoms with Crippen LogP contribution >= 0.6 is 0 Å². The lowest BCUT2D eigenvalue weighted by Crippen LogP contribution is -2.22. The molecule has 8 atom stereocenters. The molecule has 24 nitrogen and oxygen atoms in total. The summed E-state index contributed by atoms with van der Waals surface area (Å²) in [6, 6.07) is 91.3. The molecule has 24 rings (SSSR count). The van der Waals surface area contributed by atoms with E-state index in [1.165, 1.54) is 43.8 Å². The van der Waals surface area contributed by atoms with Crippen molar-refractivity contribution in [1.82, 2.24) is 0 Å². The molecule has 0 bridgehead atoms. The molecule has 0 aromatic heterocycles. The summed E-state index contributed by atoms with van der Waals surface area (Å²) in [7, 11) is 0. The minimum Gasteiger partial charge on any atom is -0.489 e. The third kappa shape index (κ3) is 21.9. The maximum absolute atomic E-state index is 6.54. The van der Waals surface area contributed by atoms with Crippen LogP contribution in [0.4, 0.5) is 45.5 Å². The van der Waals surface area contributed by atoms with Gasteiger partial charge in [0.25, 0.3) is 0 Å². The Labute approximate surface area is 820 Å². The Bertz CT molecular complexity index is 6830. The molecule has 16 aromatic rings. The topological polar surface area (TPSA) is 382 Å². The van der Waals surface area contributed by atoms with Crippen molar-refractivity contribution in [2.24, 2.45) is 0 Å². The number of rotatable bonds is 34. The molecular weight excluding hydrogens is 1770 g/mol. The van der Waals surface area contributed by atoms with E-state index in [2.05, 4.69) is 185 Å². The molecule has 724 valence electrons. The van der Waals surface area contributed by atoms with E-state index in [1.54, 1.807) is 0 Å². The van der Waals surface area contributed by atoms with Gasteiger partial charge in [0.05, 0.1) is 98.4 Å². The Morgan fingerprint density at radius 1 is 0.241 bits per heavy atom. The van der Waals surface area contributed by atoms with E-state index in [9.17, 15) is 0 Å². The predicted molar refractivity (Wildman–Crippen MR) is 561 cm³/mol. The van der Waals surface area contributed by atoms with Crippen LogP contribution in [0, 0.1) is 0 Å². The number of hydrogen-bond donors (Lipinski definition) is 8. The maximum Gasteiger partial charge on any atom is 0.150 e. The van der Waals surface area contributed by atoms with Crippen LogP contribution in [0.2, 0.25) is 0 Å². The average Bonchev–Trinajstić information content (AvgIpc) is 1.59. The van der Waals surface area contributed by atoms with Crippen LogP contribution in [0.25, 0.3) is 86.9 Å². The van der Waals surface area contributed by atoms with E-state index in [-0.39, 0.29) is 67.1 Å². The van der Waals surface area contributed by atoms with E-state index in [1.807, 2.05) is 109 Å². The third-order valence-corrected chi connectivity index (χ3v) is 27.1. The number of ether oxygens (including phenoxy) is 16. The van der Waals surface area contributed by atoms with Crippen molar-refractivity contribution in [3.05, 3.63) is 311 Å². The zero-order chi connectivity index (χ0) is 95.9. The Morgan fingerprint density at radius 3 is 0.794 bits per heavy atom. The first-order chi connectivity index (χ1) is 68.1. The maximum atomic E-state index is 6.54.